The highest BCUT2D eigenvalue weighted by atomic mass is 32.2. The first-order valence-electron chi connectivity index (χ1n) is 8.47. The van der Waals surface area contributed by atoms with Gasteiger partial charge in [-0.1, -0.05) is 6.07 Å². The molecule has 1 aromatic rings. The normalized spacial score (nSPS) is 20.1. The van der Waals surface area contributed by atoms with Gasteiger partial charge in [-0.25, -0.2) is 0 Å². The van der Waals surface area contributed by atoms with Crippen molar-refractivity contribution in [1.29, 1.82) is 0 Å². The monoisotopic (exact) mass is 362 g/mol. The molecule has 2 heterocycles. The van der Waals surface area contributed by atoms with Crippen LogP contribution in [-0.2, 0) is 4.79 Å². The second-order valence-electron chi connectivity index (χ2n) is 6.02. The van der Waals surface area contributed by atoms with Gasteiger partial charge in [0.25, 0.3) is 5.91 Å². The quantitative estimate of drug-likeness (QED) is 0.807. The number of nitrogens with one attached hydrogen (secondary N) is 1. The van der Waals surface area contributed by atoms with Gasteiger partial charge in [-0.15, -0.1) is 0 Å². The zero-order valence-corrected chi connectivity index (χ0v) is 15.7. The molecule has 2 aliphatic rings. The van der Waals surface area contributed by atoms with Gasteiger partial charge in [-0.3, -0.25) is 4.79 Å². The summed E-state index contributed by atoms with van der Waals surface area (Å²) < 4.78 is 10.6. The van der Waals surface area contributed by atoms with Crippen LogP contribution in [0.4, 0.5) is 0 Å². The zero-order valence-electron chi connectivity index (χ0n) is 14.9. The standard InChI is InChI=1S/C18H23N3O3S/c1-4-20-7-9-21(10-8-20)18-19-17(22)16(25-18)12-13-5-6-14(23-2)15(11-13)24-3/h5-6,11-12H,4,7-10H2,1-3H3/p+1/b16-12-. The number of piperazine rings is 1. The summed E-state index contributed by atoms with van der Waals surface area (Å²) in [6, 6.07) is 5.61. The van der Waals surface area contributed by atoms with Crippen molar-refractivity contribution in [1.82, 2.24) is 4.90 Å². The number of methoxy groups -OCH3 is 2. The van der Waals surface area contributed by atoms with Crippen LogP contribution < -0.4 is 14.4 Å². The van der Waals surface area contributed by atoms with Gasteiger partial charge in [0.1, 0.15) is 0 Å². The number of carbonyl (C=O) groups is 1. The van der Waals surface area contributed by atoms with Gasteiger partial charge in [-0.05, 0) is 42.5 Å². The first kappa shape index (κ1) is 17.8. The highest BCUT2D eigenvalue weighted by Gasteiger charge is 2.29. The van der Waals surface area contributed by atoms with E-state index in [4.69, 9.17) is 9.47 Å². The average molecular weight is 362 g/mol. The smallest absolute Gasteiger partial charge is 0.286 e. The zero-order chi connectivity index (χ0) is 17.8. The Morgan fingerprint density at radius 3 is 2.60 bits per heavy atom. The molecule has 134 valence electrons. The molecule has 0 bridgehead atoms. The van der Waals surface area contributed by atoms with Crippen molar-refractivity contribution >= 4 is 28.9 Å². The van der Waals surface area contributed by atoms with Crippen LogP contribution in [0.25, 0.3) is 6.08 Å². The maximum absolute atomic E-state index is 12.3. The summed E-state index contributed by atoms with van der Waals surface area (Å²) in [6.45, 7) is 7.45. The molecule has 0 atom stereocenters. The molecule has 1 amide bonds. The molecule has 0 aliphatic carbocycles. The molecule has 0 spiro atoms. The number of hydrogen-bond acceptors (Lipinski definition) is 5. The average Bonchev–Trinajstić information content (AvgIpc) is 3.02. The van der Waals surface area contributed by atoms with Crippen LogP contribution in [0.2, 0.25) is 0 Å². The minimum atomic E-state index is -0.167. The molecule has 1 fully saturated rings. The third kappa shape index (κ3) is 3.99. The number of amides is 1. The van der Waals surface area contributed by atoms with Gasteiger partial charge in [0, 0.05) is 0 Å². The van der Waals surface area contributed by atoms with Gasteiger partial charge in [0.15, 0.2) is 16.7 Å². The minimum Gasteiger partial charge on any atom is -0.493 e. The summed E-state index contributed by atoms with van der Waals surface area (Å²) in [5.41, 5.74) is 0.894. The number of carbonyl (C=O) groups excluding carboxylic acids is 1. The van der Waals surface area contributed by atoms with Gasteiger partial charge < -0.3 is 19.3 Å². The third-order valence-electron chi connectivity index (χ3n) is 4.56. The summed E-state index contributed by atoms with van der Waals surface area (Å²) in [6.07, 6.45) is 1.86. The van der Waals surface area contributed by atoms with Crippen molar-refractivity contribution in [3.05, 3.63) is 28.7 Å². The molecule has 2 aliphatic heterocycles. The van der Waals surface area contributed by atoms with Crippen LogP contribution in [0, 0.1) is 0 Å². The number of nitrogens with zero attached hydrogens (tertiary/aromatic N) is 2. The lowest BCUT2D eigenvalue weighted by molar-refractivity contribution is -0.902. The number of quaternary nitrogens is 1. The van der Waals surface area contributed by atoms with E-state index in [0.717, 1.165) is 43.5 Å². The maximum Gasteiger partial charge on any atom is 0.286 e. The number of hydrogen-bond donors (Lipinski definition) is 1. The fraction of sp³-hybridized carbons (Fsp3) is 0.444. The number of benzene rings is 1. The Morgan fingerprint density at radius 1 is 1.24 bits per heavy atom. The molecule has 6 nitrogen and oxygen atoms in total. The van der Waals surface area contributed by atoms with Crippen LogP contribution in [-0.4, -0.2) is 62.9 Å². The van der Waals surface area contributed by atoms with Crippen LogP contribution >= 0.6 is 11.8 Å². The van der Waals surface area contributed by atoms with Crippen LogP contribution in [0.3, 0.4) is 0 Å². The van der Waals surface area contributed by atoms with Crippen molar-refractivity contribution < 1.29 is 19.2 Å². The highest BCUT2D eigenvalue weighted by molar-refractivity contribution is 8.18. The number of aliphatic imine (C=N–C) groups is 1. The summed E-state index contributed by atoms with van der Waals surface area (Å²) >= 11 is 1.46. The number of likely N-dealkylation sites (N-methyl/N-ethyl adjacent to an activating group) is 1. The SMILES string of the molecule is CC[NH+]1CCN(C2=NC(=O)/C(=C/c3ccc(OC)c(OC)c3)S2)CC1. The number of rotatable bonds is 4. The predicted molar refractivity (Wildman–Crippen MR) is 100 cm³/mol. The lowest BCUT2D eigenvalue weighted by atomic mass is 10.2. The molecule has 0 radical (unpaired) electrons. The molecule has 1 N–H and O–H groups in total. The largest absolute Gasteiger partial charge is 0.493 e. The minimum absolute atomic E-state index is 0.167. The van der Waals surface area contributed by atoms with E-state index in [1.807, 2.05) is 24.3 Å². The van der Waals surface area contributed by atoms with E-state index >= 15 is 0 Å². The van der Waals surface area contributed by atoms with Crippen LogP contribution in [0.15, 0.2) is 28.1 Å². The predicted octanol–water partition coefficient (Wildman–Crippen LogP) is 0.895. The van der Waals surface area contributed by atoms with E-state index in [-0.39, 0.29) is 5.91 Å². The molecule has 3 rings (SSSR count). The van der Waals surface area contributed by atoms with E-state index < -0.39 is 0 Å². The van der Waals surface area contributed by atoms with Crippen molar-refractivity contribution in [2.24, 2.45) is 4.99 Å². The summed E-state index contributed by atoms with van der Waals surface area (Å²) in [5, 5.41) is 0.826. The summed E-state index contributed by atoms with van der Waals surface area (Å²) in [5.74, 6) is 1.15. The van der Waals surface area contributed by atoms with Gasteiger partial charge in [0.2, 0.25) is 0 Å². The molecular weight excluding hydrogens is 338 g/mol. The third-order valence-corrected chi connectivity index (χ3v) is 5.60. The number of amidine groups is 1. The molecule has 0 unspecified atom stereocenters. The lowest BCUT2D eigenvalue weighted by Gasteiger charge is -2.32. The molecule has 25 heavy (non-hydrogen) atoms. The molecule has 1 aromatic carbocycles. The Labute approximate surface area is 152 Å². The van der Waals surface area contributed by atoms with E-state index in [9.17, 15) is 4.79 Å². The summed E-state index contributed by atoms with van der Waals surface area (Å²) in [4.78, 5) is 21.0. The van der Waals surface area contributed by atoms with Gasteiger partial charge in [0.05, 0.1) is 51.8 Å². The lowest BCUT2D eigenvalue weighted by Crippen LogP contribution is -3.14. The molecule has 1 saturated heterocycles. The fourth-order valence-corrected chi connectivity index (χ4v) is 3.96. The van der Waals surface area contributed by atoms with Crippen molar-refractivity contribution in [3.8, 4) is 11.5 Å². The Morgan fingerprint density at radius 2 is 1.96 bits per heavy atom. The van der Waals surface area contributed by atoms with Gasteiger partial charge in [-0.2, -0.15) is 4.99 Å². The van der Waals surface area contributed by atoms with Crippen molar-refractivity contribution in [2.45, 2.75) is 6.92 Å². The topological polar surface area (TPSA) is 55.6 Å². The fourth-order valence-electron chi connectivity index (χ4n) is 3.00. The first-order chi connectivity index (χ1) is 12.1. The Bertz CT molecular complexity index is 710. The number of thioether (sulfide) groups is 1. The van der Waals surface area contributed by atoms with E-state index in [1.54, 1.807) is 19.1 Å². The van der Waals surface area contributed by atoms with E-state index in [0.29, 0.717) is 16.4 Å². The molecule has 0 saturated carbocycles. The van der Waals surface area contributed by atoms with Crippen LogP contribution in [0.5, 0.6) is 11.5 Å². The van der Waals surface area contributed by atoms with E-state index in [1.165, 1.54) is 11.8 Å². The maximum atomic E-state index is 12.3. The van der Waals surface area contributed by atoms with Gasteiger partial charge >= 0.3 is 0 Å². The summed E-state index contributed by atoms with van der Waals surface area (Å²) in [7, 11) is 3.20. The molecule has 7 heteroatoms. The second-order valence-corrected chi connectivity index (χ2v) is 7.02. The Hall–Kier alpha value is -1.99. The number of ether oxygens (including phenoxy) is 2. The first-order valence-corrected chi connectivity index (χ1v) is 9.29. The molecular formula is C18H24N3O3S+. The second kappa shape index (κ2) is 7.93. The van der Waals surface area contributed by atoms with Crippen molar-refractivity contribution in [2.75, 3.05) is 46.9 Å². The Balaban J connectivity index is 1.71. The highest BCUT2D eigenvalue weighted by Crippen LogP contribution is 2.33. The van der Waals surface area contributed by atoms with Crippen LogP contribution in [0.1, 0.15) is 12.5 Å². The molecule has 0 aromatic heterocycles. The Kier molecular flexibility index (Phi) is 5.65. The van der Waals surface area contributed by atoms with E-state index in [2.05, 4.69) is 16.8 Å². The van der Waals surface area contributed by atoms with Crippen molar-refractivity contribution in [3.63, 3.8) is 0 Å².